The van der Waals surface area contributed by atoms with E-state index in [1.807, 2.05) is 13.0 Å². The van der Waals surface area contributed by atoms with E-state index in [1.54, 1.807) is 6.07 Å². The Balaban J connectivity index is 2.22. The van der Waals surface area contributed by atoms with E-state index in [9.17, 15) is 9.18 Å². The molecule has 0 radical (unpaired) electrons. The standard InChI is InChI=1S/C13H14FNO2/c1-9-8-11(14)2-3-12(9)10-4-6-15(7-5-10)13(16)17/h2-4,8H,5-7H2,1H3,(H,16,17). The summed E-state index contributed by atoms with van der Waals surface area (Å²) < 4.78 is 13.0. The number of carbonyl (C=O) groups is 1. The van der Waals surface area contributed by atoms with Crippen LogP contribution >= 0.6 is 0 Å². The fraction of sp³-hybridized carbons (Fsp3) is 0.308. The highest BCUT2D eigenvalue weighted by Crippen LogP contribution is 2.25. The summed E-state index contributed by atoms with van der Waals surface area (Å²) in [7, 11) is 0. The fourth-order valence-electron chi connectivity index (χ4n) is 2.07. The lowest BCUT2D eigenvalue weighted by atomic mass is 9.95. The van der Waals surface area contributed by atoms with Crippen LogP contribution in [0.1, 0.15) is 17.5 Å². The first kappa shape index (κ1) is 11.6. The van der Waals surface area contributed by atoms with Crippen molar-refractivity contribution in [1.82, 2.24) is 4.90 Å². The van der Waals surface area contributed by atoms with E-state index < -0.39 is 6.09 Å². The van der Waals surface area contributed by atoms with Gasteiger partial charge in [0.1, 0.15) is 5.82 Å². The van der Waals surface area contributed by atoms with Crippen molar-refractivity contribution >= 4 is 11.7 Å². The van der Waals surface area contributed by atoms with Gasteiger partial charge in [-0.2, -0.15) is 0 Å². The van der Waals surface area contributed by atoms with Crippen molar-refractivity contribution in [2.24, 2.45) is 0 Å². The molecule has 0 unspecified atom stereocenters. The van der Waals surface area contributed by atoms with Crippen molar-refractivity contribution in [1.29, 1.82) is 0 Å². The lowest BCUT2D eigenvalue weighted by Gasteiger charge is -2.24. The van der Waals surface area contributed by atoms with Gasteiger partial charge in [0, 0.05) is 13.1 Å². The summed E-state index contributed by atoms with van der Waals surface area (Å²) >= 11 is 0. The molecule has 0 fully saturated rings. The van der Waals surface area contributed by atoms with E-state index in [4.69, 9.17) is 5.11 Å². The second kappa shape index (κ2) is 4.57. The number of rotatable bonds is 1. The molecular formula is C13H14FNO2. The first-order chi connectivity index (χ1) is 8.08. The second-order valence-corrected chi connectivity index (χ2v) is 4.17. The normalized spacial score (nSPS) is 15.6. The van der Waals surface area contributed by atoms with Gasteiger partial charge in [-0.15, -0.1) is 0 Å². The van der Waals surface area contributed by atoms with Crippen LogP contribution in [0.5, 0.6) is 0 Å². The van der Waals surface area contributed by atoms with E-state index >= 15 is 0 Å². The number of hydrogen-bond donors (Lipinski definition) is 1. The van der Waals surface area contributed by atoms with E-state index in [-0.39, 0.29) is 5.82 Å². The molecule has 0 bridgehead atoms. The molecule has 0 saturated heterocycles. The summed E-state index contributed by atoms with van der Waals surface area (Å²) in [6.07, 6.45) is 1.69. The molecule has 4 heteroatoms. The largest absolute Gasteiger partial charge is 0.465 e. The minimum atomic E-state index is -0.892. The maximum Gasteiger partial charge on any atom is 0.407 e. The summed E-state index contributed by atoms with van der Waals surface area (Å²) in [6.45, 7) is 2.77. The molecule has 0 spiro atoms. The van der Waals surface area contributed by atoms with Crippen LogP contribution in [0.2, 0.25) is 0 Å². The van der Waals surface area contributed by atoms with Gasteiger partial charge in [0.05, 0.1) is 0 Å². The summed E-state index contributed by atoms with van der Waals surface area (Å²) in [4.78, 5) is 12.1. The van der Waals surface area contributed by atoms with E-state index in [1.165, 1.54) is 17.0 Å². The molecule has 17 heavy (non-hydrogen) atoms. The molecule has 0 aromatic heterocycles. The SMILES string of the molecule is Cc1cc(F)ccc1C1=CCN(C(=O)O)CC1. The van der Waals surface area contributed by atoms with Crippen molar-refractivity contribution in [2.75, 3.05) is 13.1 Å². The van der Waals surface area contributed by atoms with Crippen LogP contribution < -0.4 is 0 Å². The average Bonchev–Trinajstić information content (AvgIpc) is 2.29. The number of carboxylic acid groups (broad SMARTS) is 1. The molecule has 90 valence electrons. The molecule has 1 aliphatic rings. The number of halogens is 1. The van der Waals surface area contributed by atoms with Crippen LogP contribution in [0.4, 0.5) is 9.18 Å². The Morgan fingerprint density at radius 1 is 1.47 bits per heavy atom. The average molecular weight is 235 g/mol. The van der Waals surface area contributed by atoms with Crippen LogP contribution in [-0.4, -0.2) is 29.2 Å². The smallest absolute Gasteiger partial charge is 0.407 e. The van der Waals surface area contributed by atoms with Crippen molar-refractivity contribution in [3.8, 4) is 0 Å². The molecule has 1 amide bonds. The van der Waals surface area contributed by atoms with E-state index in [0.717, 1.165) is 16.7 Å². The van der Waals surface area contributed by atoms with Crippen LogP contribution in [0.25, 0.3) is 5.57 Å². The number of nitrogens with zero attached hydrogens (tertiary/aromatic N) is 1. The third-order valence-electron chi connectivity index (χ3n) is 3.01. The molecule has 3 nitrogen and oxygen atoms in total. The molecule has 1 aromatic rings. The van der Waals surface area contributed by atoms with Gasteiger partial charge >= 0.3 is 6.09 Å². The summed E-state index contributed by atoms with van der Waals surface area (Å²) in [5.41, 5.74) is 3.00. The molecule has 0 atom stereocenters. The lowest BCUT2D eigenvalue weighted by molar-refractivity contribution is 0.150. The van der Waals surface area contributed by atoms with Crippen LogP contribution in [0.3, 0.4) is 0 Å². The van der Waals surface area contributed by atoms with Crippen molar-refractivity contribution in [3.63, 3.8) is 0 Å². The van der Waals surface area contributed by atoms with Crippen molar-refractivity contribution in [2.45, 2.75) is 13.3 Å². The predicted molar refractivity (Wildman–Crippen MR) is 63.3 cm³/mol. The topological polar surface area (TPSA) is 40.5 Å². The Hall–Kier alpha value is -1.84. The number of hydrogen-bond acceptors (Lipinski definition) is 1. The van der Waals surface area contributed by atoms with Gasteiger partial charge in [-0.1, -0.05) is 12.1 Å². The highest BCUT2D eigenvalue weighted by molar-refractivity contribution is 5.72. The molecule has 1 aromatic carbocycles. The minimum Gasteiger partial charge on any atom is -0.465 e. The van der Waals surface area contributed by atoms with Crippen molar-refractivity contribution < 1.29 is 14.3 Å². The molecule has 0 aliphatic carbocycles. The molecule has 2 rings (SSSR count). The van der Waals surface area contributed by atoms with Gasteiger partial charge < -0.3 is 10.0 Å². The Kier molecular flexibility index (Phi) is 3.13. The predicted octanol–water partition coefficient (Wildman–Crippen LogP) is 2.90. The Labute approximate surface area is 99.2 Å². The zero-order valence-corrected chi connectivity index (χ0v) is 9.61. The van der Waals surface area contributed by atoms with Gasteiger partial charge in [0.25, 0.3) is 0 Å². The Morgan fingerprint density at radius 3 is 2.76 bits per heavy atom. The van der Waals surface area contributed by atoms with Gasteiger partial charge in [-0.05, 0) is 42.2 Å². The Bertz CT molecular complexity index is 482. The summed E-state index contributed by atoms with van der Waals surface area (Å²) in [6, 6.07) is 4.69. The quantitative estimate of drug-likeness (QED) is 0.813. The van der Waals surface area contributed by atoms with E-state index in [0.29, 0.717) is 19.5 Å². The summed E-state index contributed by atoms with van der Waals surface area (Å²) in [5.74, 6) is -0.241. The van der Waals surface area contributed by atoms with Crippen LogP contribution in [0.15, 0.2) is 24.3 Å². The minimum absolute atomic E-state index is 0.241. The maximum atomic E-state index is 13.0. The molecule has 1 N–H and O–H groups in total. The monoisotopic (exact) mass is 235 g/mol. The van der Waals surface area contributed by atoms with Crippen LogP contribution in [-0.2, 0) is 0 Å². The Morgan fingerprint density at radius 2 is 2.24 bits per heavy atom. The van der Waals surface area contributed by atoms with E-state index in [2.05, 4.69) is 0 Å². The third kappa shape index (κ3) is 2.46. The summed E-state index contributed by atoms with van der Waals surface area (Å²) in [5, 5.41) is 8.83. The zero-order valence-electron chi connectivity index (χ0n) is 9.61. The highest BCUT2D eigenvalue weighted by Gasteiger charge is 2.17. The zero-order chi connectivity index (χ0) is 12.4. The maximum absolute atomic E-state index is 13.0. The number of benzene rings is 1. The first-order valence-corrected chi connectivity index (χ1v) is 5.51. The first-order valence-electron chi connectivity index (χ1n) is 5.51. The molecule has 1 aliphatic heterocycles. The lowest BCUT2D eigenvalue weighted by Crippen LogP contribution is -2.33. The van der Waals surface area contributed by atoms with Crippen LogP contribution in [0, 0.1) is 12.7 Å². The number of amides is 1. The molecule has 0 saturated carbocycles. The van der Waals surface area contributed by atoms with Gasteiger partial charge in [0.2, 0.25) is 0 Å². The van der Waals surface area contributed by atoms with Crippen molar-refractivity contribution in [3.05, 3.63) is 41.2 Å². The second-order valence-electron chi connectivity index (χ2n) is 4.17. The number of aryl methyl sites for hydroxylation is 1. The third-order valence-corrected chi connectivity index (χ3v) is 3.01. The molecular weight excluding hydrogens is 221 g/mol. The van der Waals surface area contributed by atoms with Gasteiger partial charge in [-0.3, -0.25) is 0 Å². The van der Waals surface area contributed by atoms with Gasteiger partial charge in [-0.25, -0.2) is 9.18 Å². The molecule has 1 heterocycles. The van der Waals surface area contributed by atoms with Gasteiger partial charge in [0.15, 0.2) is 0 Å². The fourth-order valence-corrected chi connectivity index (χ4v) is 2.07. The highest BCUT2D eigenvalue weighted by atomic mass is 19.1.